The lowest BCUT2D eigenvalue weighted by Gasteiger charge is -2.10. The Morgan fingerprint density at radius 1 is 0.652 bits per heavy atom. The molecule has 0 saturated heterocycles. The van der Waals surface area contributed by atoms with Crippen LogP contribution in [0.15, 0.2) is 72.8 Å². The summed E-state index contributed by atoms with van der Waals surface area (Å²) in [5.41, 5.74) is 1.58. The molecule has 3 aromatic carbocycles. The van der Waals surface area contributed by atoms with E-state index in [0.717, 1.165) is 17.3 Å². The summed E-state index contributed by atoms with van der Waals surface area (Å²) in [7, 11) is 0. The van der Waals surface area contributed by atoms with Gasteiger partial charge in [0.1, 0.15) is 0 Å². The standard InChI is InChI=1S/C19H12F3N/c20-19(21,22)15-10-6-12-17-18(15)14-9-4-5-11-16(14)23(17)13-7-2-1-3-8-13/h1-12H. The maximum Gasteiger partial charge on any atom is 0.417 e. The van der Waals surface area contributed by atoms with Crippen molar-refractivity contribution < 1.29 is 13.2 Å². The van der Waals surface area contributed by atoms with Crippen molar-refractivity contribution in [2.45, 2.75) is 6.18 Å². The third-order valence-electron chi connectivity index (χ3n) is 4.02. The minimum absolute atomic E-state index is 0.249. The van der Waals surface area contributed by atoms with Crippen LogP contribution in [0.4, 0.5) is 13.2 Å². The Morgan fingerprint density at radius 3 is 2.04 bits per heavy atom. The molecule has 0 N–H and O–H groups in total. The molecule has 1 aromatic heterocycles. The molecule has 0 radical (unpaired) electrons. The van der Waals surface area contributed by atoms with Crippen LogP contribution in [0.2, 0.25) is 0 Å². The van der Waals surface area contributed by atoms with Crippen molar-refractivity contribution in [3.63, 3.8) is 0 Å². The summed E-state index contributed by atoms with van der Waals surface area (Å²) < 4.78 is 42.2. The SMILES string of the molecule is FC(F)(F)c1cccc2c1c1ccccc1n2-c1ccccc1. The summed E-state index contributed by atoms with van der Waals surface area (Å²) in [6.07, 6.45) is -4.38. The Hall–Kier alpha value is -2.75. The number of para-hydroxylation sites is 2. The van der Waals surface area contributed by atoms with Gasteiger partial charge in [0, 0.05) is 16.5 Å². The van der Waals surface area contributed by atoms with Crippen molar-refractivity contribution >= 4 is 21.8 Å². The number of halogens is 3. The Morgan fingerprint density at radius 2 is 1.30 bits per heavy atom. The highest BCUT2D eigenvalue weighted by atomic mass is 19.4. The number of rotatable bonds is 1. The van der Waals surface area contributed by atoms with Crippen LogP contribution in [-0.2, 0) is 6.18 Å². The van der Waals surface area contributed by atoms with Crippen molar-refractivity contribution in [2.75, 3.05) is 0 Å². The van der Waals surface area contributed by atoms with E-state index >= 15 is 0 Å². The fraction of sp³-hybridized carbons (Fsp3) is 0.0526. The van der Waals surface area contributed by atoms with Gasteiger partial charge in [-0.1, -0.05) is 42.5 Å². The minimum Gasteiger partial charge on any atom is -0.309 e. The van der Waals surface area contributed by atoms with E-state index in [0.29, 0.717) is 10.9 Å². The zero-order valence-corrected chi connectivity index (χ0v) is 12.0. The van der Waals surface area contributed by atoms with Crippen LogP contribution in [0.5, 0.6) is 0 Å². The lowest BCUT2D eigenvalue weighted by molar-refractivity contribution is -0.136. The highest BCUT2D eigenvalue weighted by Crippen LogP contribution is 2.40. The lowest BCUT2D eigenvalue weighted by atomic mass is 10.1. The van der Waals surface area contributed by atoms with Gasteiger partial charge in [0.25, 0.3) is 0 Å². The number of nitrogens with zero attached hydrogens (tertiary/aromatic N) is 1. The fourth-order valence-corrected chi connectivity index (χ4v) is 3.11. The normalized spacial score (nSPS) is 12.1. The molecule has 23 heavy (non-hydrogen) atoms. The van der Waals surface area contributed by atoms with E-state index in [4.69, 9.17) is 0 Å². The fourth-order valence-electron chi connectivity index (χ4n) is 3.11. The zero-order chi connectivity index (χ0) is 16.0. The van der Waals surface area contributed by atoms with E-state index in [-0.39, 0.29) is 5.39 Å². The lowest BCUT2D eigenvalue weighted by Crippen LogP contribution is -2.05. The number of alkyl halides is 3. The molecule has 4 aromatic rings. The smallest absolute Gasteiger partial charge is 0.309 e. The van der Waals surface area contributed by atoms with Gasteiger partial charge in [0.2, 0.25) is 0 Å². The first-order chi connectivity index (χ1) is 11.1. The molecular weight excluding hydrogens is 299 g/mol. The van der Waals surface area contributed by atoms with Gasteiger partial charge in [0.05, 0.1) is 16.6 Å². The van der Waals surface area contributed by atoms with Crippen LogP contribution >= 0.6 is 0 Å². The number of benzene rings is 3. The summed E-state index contributed by atoms with van der Waals surface area (Å²) in [4.78, 5) is 0. The van der Waals surface area contributed by atoms with Gasteiger partial charge in [-0.15, -0.1) is 0 Å². The molecule has 0 aliphatic carbocycles. The molecule has 114 valence electrons. The van der Waals surface area contributed by atoms with Gasteiger partial charge in [-0.05, 0) is 30.3 Å². The molecule has 1 heterocycles. The topological polar surface area (TPSA) is 4.93 Å². The van der Waals surface area contributed by atoms with Gasteiger partial charge in [-0.3, -0.25) is 0 Å². The van der Waals surface area contributed by atoms with Crippen molar-refractivity contribution in [3.05, 3.63) is 78.4 Å². The highest BCUT2D eigenvalue weighted by Gasteiger charge is 2.34. The minimum atomic E-state index is -4.38. The van der Waals surface area contributed by atoms with Crippen LogP contribution in [-0.4, -0.2) is 4.57 Å². The Bertz CT molecular complexity index is 998. The summed E-state index contributed by atoms with van der Waals surface area (Å²) in [5, 5.41) is 0.860. The van der Waals surface area contributed by atoms with Crippen LogP contribution < -0.4 is 0 Å². The second kappa shape index (κ2) is 4.88. The van der Waals surface area contributed by atoms with E-state index in [2.05, 4.69) is 0 Å². The van der Waals surface area contributed by atoms with E-state index in [9.17, 15) is 13.2 Å². The molecular formula is C19H12F3N. The first-order valence-corrected chi connectivity index (χ1v) is 7.22. The average Bonchev–Trinajstić information content (AvgIpc) is 2.89. The molecule has 0 amide bonds. The molecule has 0 bridgehead atoms. The van der Waals surface area contributed by atoms with Crippen molar-refractivity contribution in [1.82, 2.24) is 4.57 Å². The van der Waals surface area contributed by atoms with Crippen LogP contribution in [0.3, 0.4) is 0 Å². The quantitative estimate of drug-likeness (QED) is 0.418. The third kappa shape index (κ3) is 2.10. The average molecular weight is 311 g/mol. The van der Waals surface area contributed by atoms with E-state index in [1.54, 1.807) is 18.2 Å². The second-order valence-electron chi connectivity index (χ2n) is 5.39. The van der Waals surface area contributed by atoms with Gasteiger partial charge < -0.3 is 4.57 Å². The molecule has 0 atom stereocenters. The summed E-state index contributed by atoms with van der Waals surface area (Å²) in [5.74, 6) is 0. The second-order valence-corrected chi connectivity index (χ2v) is 5.39. The maximum absolute atomic E-state index is 13.4. The Labute approximate surface area is 130 Å². The number of fused-ring (bicyclic) bond motifs is 3. The monoisotopic (exact) mass is 311 g/mol. The third-order valence-corrected chi connectivity index (χ3v) is 4.02. The largest absolute Gasteiger partial charge is 0.417 e. The van der Waals surface area contributed by atoms with E-state index in [1.165, 1.54) is 6.07 Å². The highest BCUT2D eigenvalue weighted by molar-refractivity contribution is 6.11. The van der Waals surface area contributed by atoms with E-state index < -0.39 is 11.7 Å². The first kappa shape index (κ1) is 13.9. The summed E-state index contributed by atoms with van der Waals surface area (Å²) >= 11 is 0. The number of aromatic nitrogens is 1. The molecule has 0 spiro atoms. The van der Waals surface area contributed by atoms with Crippen molar-refractivity contribution in [2.24, 2.45) is 0 Å². The van der Waals surface area contributed by atoms with Gasteiger partial charge >= 0.3 is 6.18 Å². The molecule has 1 nitrogen and oxygen atoms in total. The zero-order valence-electron chi connectivity index (χ0n) is 12.0. The van der Waals surface area contributed by atoms with Crippen LogP contribution in [0.25, 0.3) is 27.5 Å². The van der Waals surface area contributed by atoms with Gasteiger partial charge in [-0.25, -0.2) is 0 Å². The summed E-state index contributed by atoms with van der Waals surface area (Å²) in [6, 6.07) is 21.0. The number of hydrogen-bond donors (Lipinski definition) is 0. The molecule has 4 rings (SSSR count). The molecule has 0 unspecified atom stereocenters. The van der Waals surface area contributed by atoms with E-state index in [1.807, 2.05) is 47.0 Å². The first-order valence-electron chi connectivity index (χ1n) is 7.22. The molecule has 4 heteroatoms. The molecule has 0 aliphatic heterocycles. The van der Waals surface area contributed by atoms with Crippen LogP contribution in [0.1, 0.15) is 5.56 Å². The molecule has 0 aliphatic rings. The Balaban J connectivity index is 2.23. The van der Waals surface area contributed by atoms with Crippen molar-refractivity contribution in [3.8, 4) is 5.69 Å². The predicted octanol–water partition coefficient (Wildman–Crippen LogP) is 5.80. The summed E-state index contributed by atoms with van der Waals surface area (Å²) in [6.45, 7) is 0. The van der Waals surface area contributed by atoms with Crippen LogP contribution in [0, 0.1) is 0 Å². The maximum atomic E-state index is 13.4. The van der Waals surface area contributed by atoms with Gasteiger partial charge in [0.15, 0.2) is 0 Å². The number of hydrogen-bond acceptors (Lipinski definition) is 0. The molecule has 0 saturated carbocycles. The Kier molecular flexibility index (Phi) is 2.94. The predicted molar refractivity (Wildman–Crippen MR) is 85.8 cm³/mol. The molecule has 0 fully saturated rings. The van der Waals surface area contributed by atoms with Crippen molar-refractivity contribution in [1.29, 1.82) is 0 Å². The van der Waals surface area contributed by atoms with Gasteiger partial charge in [-0.2, -0.15) is 13.2 Å².